The monoisotopic (exact) mass is 422 g/mol. The van der Waals surface area contributed by atoms with E-state index < -0.39 is 0 Å². The minimum absolute atomic E-state index is 0.0332. The van der Waals surface area contributed by atoms with Crippen LogP contribution in [0.5, 0.6) is 0 Å². The van der Waals surface area contributed by atoms with Crippen molar-refractivity contribution in [1.82, 2.24) is 0 Å². The Morgan fingerprint density at radius 3 is 2.43 bits per heavy atom. The van der Waals surface area contributed by atoms with E-state index in [0.29, 0.717) is 0 Å². The fourth-order valence-corrected chi connectivity index (χ4v) is 6.60. The lowest BCUT2D eigenvalue weighted by Gasteiger charge is -2.22. The number of hydrogen-bond donors (Lipinski definition) is 1. The minimum Gasteiger partial charge on any atom is -0.143 e. The van der Waals surface area contributed by atoms with Gasteiger partial charge in [0.15, 0.2) is 0 Å². The van der Waals surface area contributed by atoms with Crippen molar-refractivity contribution in [2.45, 2.75) is 30.6 Å². The fourth-order valence-electron chi connectivity index (χ4n) is 5.06. The molecule has 2 heteroatoms. The van der Waals surface area contributed by atoms with Crippen molar-refractivity contribution in [2.75, 3.05) is 0 Å². The highest BCUT2D eigenvalue weighted by Crippen LogP contribution is 2.53. The van der Waals surface area contributed by atoms with Crippen LogP contribution in [0.4, 0.5) is 0 Å². The van der Waals surface area contributed by atoms with Crippen molar-refractivity contribution in [3.63, 3.8) is 0 Å². The number of benzene rings is 3. The Bertz CT molecular complexity index is 1420. The van der Waals surface area contributed by atoms with Crippen molar-refractivity contribution in [3.8, 4) is 11.1 Å². The minimum atomic E-state index is 0.0332. The lowest BCUT2D eigenvalue weighted by Crippen LogP contribution is -2.15. The number of thiophene rings is 1. The highest BCUT2D eigenvalue weighted by molar-refractivity contribution is 7.80. The molecule has 0 N–H and O–H groups in total. The van der Waals surface area contributed by atoms with E-state index in [9.17, 15) is 0 Å². The molecule has 30 heavy (non-hydrogen) atoms. The molecule has 0 amide bonds. The second-order valence-corrected chi connectivity index (χ2v) is 10.2. The van der Waals surface area contributed by atoms with Gasteiger partial charge in [-0.05, 0) is 46.4 Å². The fraction of sp³-hybridized carbons (Fsp3) is 0.143. The zero-order valence-electron chi connectivity index (χ0n) is 17.1. The summed E-state index contributed by atoms with van der Waals surface area (Å²) < 4.78 is 2.78. The van der Waals surface area contributed by atoms with Crippen LogP contribution in [0, 0.1) is 0 Å². The Balaban J connectivity index is 1.70. The van der Waals surface area contributed by atoms with Crippen LogP contribution in [0.15, 0.2) is 89.4 Å². The molecule has 0 atom stereocenters. The van der Waals surface area contributed by atoms with Gasteiger partial charge in [-0.2, -0.15) is 0 Å². The molecule has 0 saturated heterocycles. The molecule has 0 nitrogen and oxygen atoms in total. The molecule has 6 rings (SSSR count). The van der Waals surface area contributed by atoms with Gasteiger partial charge in [-0.15, -0.1) is 24.0 Å². The molecule has 2 aliphatic rings. The molecule has 0 fully saturated rings. The summed E-state index contributed by atoms with van der Waals surface area (Å²) in [6.07, 6.45) is 10.3. The van der Waals surface area contributed by atoms with Gasteiger partial charge in [0.05, 0.1) is 0 Å². The van der Waals surface area contributed by atoms with Crippen LogP contribution in [0.3, 0.4) is 0 Å². The van der Waals surface area contributed by atoms with Gasteiger partial charge in [-0.3, -0.25) is 0 Å². The van der Waals surface area contributed by atoms with Gasteiger partial charge in [0, 0.05) is 36.0 Å². The number of rotatable bonds is 1. The number of allylic oxidation sites excluding steroid dienone is 6. The van der Waals surface area contributed by atoms with E-state index >= 15 is 0 Å². The highest BCUT2D eigenvalue weighted by atomic mass is 32.1. The second-order valence-electron chi connectivity index (χ2n) is 8.69. The van der Waals surface area contributed by atoms with Gasteiger partial charge in [-0.1, -0.05) is 80.6 Å². The Morgan fingerprint density at radius 1 is 0.833 bits per heavy atom. The molecule has 0 spiro atoms. The Morgan fingerprint density at radius 2 is 1.60 bits per heavy atom. The first kappa shape index (κ1) is 18.2. The molecular weight excluding hydrogens is 400 g/mol. The molecule has 0 aliphatic heterocycles. The highest BCUT2D eigenvalue weighted by Gasteiger charge is 2.37. The van der Waals surface area contributed by atoms with Crippen molar-refractivity contribution >= 4 is 49.7 Å². The van der Waals surface area contributed by atoms with Crippen molar-refractivity contribution in [2.24, 2.45) is 0 Å². The predicted molar refractivity (Wildman–Crippen MR) is 135 cm³/mol. The molecule has 3 aromatic carbocycles. The lowest BCUT2D eigenvalue weighted by molar-refractivity contribution is 0.655. The summed E-state index contributed by atoms with van der Waals surface area (Å²) in [5.74, 6) is 0. The Labute approximate surface area is 186 Å². The van der Waals surface area contributed by atoms with Gasteiger partial charge in [0.1, 0.15) is 0 Å². The van der Waals surface area contributed by atoms with Gasteiger partial charge >= 0.3 is 0 Å². The zero-order chi connectivity index (χ0) is 20.5. The summed E-state index contributed by atoms with van der Waals surface area (Å²) in [7, 11) is 0. The first-order valence-electron chi connectivity index (χ1n) is 10.4. The van der Waals surface area contributed by atoms with E-state index in [1.165, 1.54) is 53.6 Å². The van der Waals surface area contributed by atoms with E-state index in [2.05, 4.69) is 105 Å². The maximum Gasteiger partial charge on any atom is 0.0437 e. The van der Waals surface area contributed by atoms with Crippen LogP contribution in [-0.2, 0) is 5.41 Å². The molecule has 0 bridgehead atoms. The first-order chi connectivity index (χ1) is 14.6. The SMILES string of the molecule is CC1(C)C2=C(C=CCC=C2)c2c1ccc1c2sc2c(-c3ccc(S)cc3)cccc21. The Hall–Kier alpha value is -2.55. The molecule has 4 aromatic rings. The summed E-state index contributed by atoms with van der Waals surface area (Å²) in [5, 5.41) is 2.72. The quantitative estimate of drug-likeness (QED) is 0.292. The summed E-state index contributed by atoms with van der Waals surface area (Å²) >= 11 is 6.40. The summed E-state index contributed by atoms with van der Waals surface area (Å²) in [6.45, 7) is 4.72. The largest absolute Gasteiger partial charge is 0.143 e. The van der Waals surface area contributed by atoms with Gasteiger partial charge in [0.2, 0.25) is 0 Å². The normalized spacial score (nSPS) is 16.9. The topological polar surface area (TPSA) is 0 Å². The molecule has 1 heterocycles. The smallest absolute Gasteiger partial charge is 0.0437 e. The lowest BCUT2D eigenvalue weighted by atomic mass is 9.81. The summed E-state index contributed by atoms with van der Waals surface area (Å²) in [5.41, 5.74) is 8.32. The number of hydrogen-bond acceptors (Lipinski definition) is 2. The van der Waals surface area contributed by atoms with Crippen LogP contribution >= 0.6 is 24.0 Å². The van der Waals surface area contributed by atoms with E-state index in [1.807, 2.05) is 11.3 Å². The van der Waals surface area contributed by atoms with Crippen LogP contribution < -0.4 is 0 Å². The molecule has 0 radical (unpaired) electrons. The molecule has 1 aromatic heterocycles. The molecule has 0 saturated carbocycles. The summed E-state index contributed by atoms with van der Waals surface area (Å²) in [6, 6.07) is 19.9. The average molecular weight is 423 g/mol. The van der Waals surface area contributed by atoms with E-state index in [0.717, 1.165) is 11.3 Å². The first-order valence-corrected chi connectivity index (χ1v) is 11.7. The van der Waals surface area contributed by atoms with Gasteiger partial charge in [-0.25, -0.2) is 0 Å². The van der Waals surface area contributed by atoms with Crippen LogP contribution in [0.2, 0.25) is 0 Å². The average Bonchev–Trinajstić information content (AvgIpc) is 3.08. The molecule has 146 valence electrons. The third-order valence-electron chi connectivity index (χ3n) is 6.59. The van der Waals surface area contributed by atoms with Gasteiger partial charge in [0.25, 0.3) is 0 Å². The maximum absolute atomic E-state index is 4.46. The van der Waals surface area contributed by atoms with E-state index in [4.69, 9.17) is 0 Å². The van der Waals surface area contributed by atoms with Crippen LogP contribution in [-0.4, -0.2) is 0 Å². The third-order valence-corrected chi connectivity index (χ3v) is 8.16. The number of fused-ring (bicyclic) bond motifs is 6. The van der Waals surface area contributed by atoms with Crippen LogP contribution in [0.1, 0.15) is 31.4 Å². The van der Waals surface area contributed by atoms with E-state index in [-0.39, 0.29) is 5.41 Å². The summed E-state index contributed by atoms with van der Waals surface area (Å²) in [4.78, 5) is 0.995. The third kappa shape index (κ3) is 2.47. The predicted octanol–water partition coefficient (Wildman–Crippen LogP) is 8.57. The second kappa shape index (κ2) is 6.47. The standard InChI is InChI=1S/C28H22S2/c1-28(2)23-10-5-3-4-7-22(23)25-24(28)16-15-21-20-9-6-8-19(26(20)30-27(21)25)17-11-13-18(29)14-12-17/h4-16,29H,3H2,1-2H3. The van der Waals surface area contributed by atoms with Crippen molar-refractivity contribution < 1.29 is 0 Å². The molecule has 2 aliphatic carbocycles. The number of thiol groups is 1. The van der Waals surface area contributed by atoms with Crippen LogP contribution in [0.25, 0.3) is 36.9 Å². The Kier molecular flexibility index (Phi) is 3.93. The van der Waals surface area contributed by atoms with E-state index in [1.54, 1.807) is 0 Å². The molecule has 0 unspecified atom stereocenters. The maximum atomic E-state index is 4.46. The van der Waals surface area contributed by atoms with Gasteiger partial charge < -0.3 is 0 Å². The zero-order valence-corrected chi connectivity index (χ0v) is 18.8. The van der Waals surface area contributed by atoms with Crippen molar-refractivity contribution in [3.05, 3.63) is 95.6 Å². The molecular formula is C28H22S2. The van der Waals surface area contributed by atoms with Crippen molar-refractivity contribution in [1.29, 1.82) is 0 Å².